The van der Waals surface area contributed by atoms with Gasteiger partial charge in [-0.2, -0.15) is 5.10 Å². The Morgan fingerprint density at radius 3 is 2.63 bits per heavy atom. The van der Waals surface area contributed by atoms with E-state index in [1.165, 1.54) is 30.5 Å². The van der Waals surface area contributed by atoms with E-state index in [9.17, 15) is 0 Å². The standard InChI is InChI=1S/C15H23N3O/c1-18(2)12-6-8-13(9-7-12)19-15-10-11-4-3-5-14(11)16-17-15/h10,12-13H,3-9H2,1-2H3. The van der Waals surface area contributed by atoms with Crippen molar-refractivity contribution in [3.05, 3.63) is 17.3 Å². The van der Waals surface area contributed by atoms with E-state index in [1.54, 1.807) is 0 Å². The molecule has 0 spiro atoms. The number of rotatable bonds is 3. The fourth-order valence-corrected chi connectivity index (χ4v) is 3.22. The Kier molecular flexibility index (Phi) is 3.69. The van der Waals surface area contributed by atoms with Gasteiger partial charge in [0.05, 0.1) is 5.69 Å². The van der Waals surface area contributed by atoms with Crippen LogP contribution in [0.3, 0.4) is 0 Å². The summed E-state index contributed by atoms with van der Waals surface area (Å²) in [5, 5.41) is 8.50. The molecule has 2 aliphatic carbocycles. The van der Waals surface area contributed by atoms with Crippen molar-refractivity contribution >= 4 is 0 Å². The van der Waals surface area contributed by atoms with Gasteiger partial charge in [0.2, 0.25) is 5.88 Å². The smallest absolute Gasteiger partial charge is 0.233 e. The fourth-order valence-electron chi connectivity index (χ4n) is 3.22. The molecule has 0 N–H and O–H groups in total. The van der Waals surface area contributed by atoms with Gasteiger partial charge in [-0.15, -0.1) is 5.10 Å². The zero-order chi connectivity index (χ0) is 13.2. The summed E-state index contributed by atoms with van der Waals surface area (Å²) in [6, 6.07) is 2.82. The highest BCUT2D eigenvalue weighted by Crippen LogP contribution is 2.27. The van der Waals surface area contributed by atoms with Crippen LogP contribution in [-0.2, 0) is 12.8 Å². The summed E-state index contributed by atoms with van der Waals surface area (Å²) in [4.78, 5) is 2.32. The SMILES string of the molecule is CN(C)C1CCC(Oc2cc3c(nn2)CCC3)CC1. The molecule has 0 radical (unpaired) electrons. The second-order valence-electron chi connectivity index (χ2n) is 6.02. The molecule has 3 rings (SSSR count). The second kappa shape index (κ2) is 5.45. The Balaban J connectivity index is 1.58. The van der Waals surface area contributed by atoms with E-state index >= 15 is 0 Å². The van der Waals surface area contributed by atoms with Crippen molar-refractivity contribution in [3.8, 4) is 5.88 Å². The van der Waals surface area contributed by atoms with Crippen molar-refractivity contribution in [2.24, 2.45) is 0 Å². The Morgan fingerprint density at radius 2 is 1.89 bits per heavy atom. The highest BCUT2D eigenvalue weighted by atomic mass is 16.5. The number of aromatic nitrogens is 2. The molecule has 0 atom stereocenters. The highest BCUT2D eigenvalue weighted by molar-refractivity contribution is 5.28. The van der Waals surface area contributed by atoms with Crippen LogP contribution in [0.1, 0.15) is 43.4 Å². The minimum absolute atomic E-state index is 0.324. The molecular weight excluding hydrogens is 238 g/mol. The van der Waals surface area contributed by atoms with Crippen molar-refractivity contribution in [2.45, 2.75) is 57.1 Å². The molecule has 0 aromatic carbocycles. The van der Waals surface area contributed by atoms with Crippen LogP contribution in [0.25, 0.3) is 0 Å². The van der Waals surface area contributed by atoms with E-state index in [4.69, 9.17) is 4.74 Å². The molecule has 1 heterocycles. The van der Waals surface area contributed by atoms with Gasteiger partial charge in [-0.3, -0.25) is 0 Å². The maximum absolute atomic E-state index is 6.02. The zero-order valence-corrected chi connectivity index (χ0v) is 11.9. The van der Waals surface area contributed by atoms with E-state index < -0.39 is 0 Å². The summed E-state index contributed by atoms with van der Waals surface area (Å²) in [5.41, 5.74) is 2.51. The predicted molar refractivity (Wildman–Crippen MR) is 74.4 cm³/mol. The summed E-state index contributed by atoms with van der Waals surface area (Å²) < 4.78 is 6.02. The van der Waals surface area contributed by atoms with E-state index in [2.05, 4.69) is 35.3 Å². The molecule has 104 valence electrons. The van der Waals surface area contributed by atoms with E-state index in [0.29, 0.717) is 12.1 Å². The van der Waals surface area contributed by atoms with Crippen LogP contribution < -0.4 is 4.74 Å². The lowest BCUT2D eigenvalue weighted by Crippen LogP contribution is -2.35. The molecule has 0 saturated heterocycles. The first kappa shape index (κ1) is 12.9. The maximum atomic E-state index is 6.02. The fraction of sp³-hybridized carbons (Fsp3) is 0.733. The predicted octanol–water partition coefficient (Wildman–Crippen LogP) is 2.22. The number of hydrogen-bond acceptors (Lipinski definition) is 4. The third kappa shape index (κ3) is 2.89. The highest BCUT2D eigenvalue weighted by Gasteiger charge is 2.24. The molecular formula is C15H23N3O. The average Bonchev–Trinajstić information content (AvgIpc) is 2.87. The van der Waals surface area contributed by atoms with Crippen LogP contribution in [0.5, 0.6) is 5.88 Å². The monoisotopic (exact) mass is 261 g/mol. The molecule has 1 aromatic rings. The molecule has 0 bridgehead atoms. The van der Waals surface area contributed by atoms with Crippen LogP contribution in [0, 0.1) is 0 Å². The summed E-state index contributed by atoms with van der Waals surface area (Å²) in [5.74, 6) is 0.731. The summed E-state index contributed by atoms with van der Waals surface area (Å²) >= 11 is 0. The van der Waals surface area contributed by atoms with E-state index in [-0.39, 0.29) is 0 Å². The van der Waals surface area contributed by atoms with Gasteiger partial charge < -0.3 is 9.64 Å². The van der Waals surface area contributed by atoms with Gasteiger partial charge in [0.15, 0.2) is 0 Å². The second-order valence-corrected chi connectivity index (χ2v) is 6.02. The molecule has 2 aliphatic rings. The Labute approximate surface area is 115 Å². The molecule has 4 heteroatoms. The molecule has 0 aliphatic heterocycles. The quantitative estimate of drug-likeness (QED) is 0.836. The lowest BCUT2D eigenvalue weighted by molar-refractivity contribution is 0.106. The lowest BCUT2D eigenvalue weighted by Gasteiger charge is -2.32. The number of nitrogens with zero attached hydrogens (tertiary/aromatic N) is 3. The van der Waals surface area contributed by atoms with Crippen LogP contribution >= 0.6 is 0 Å². The Morgan fingerprint density at radius 1 is 1.11 bits per heavy atom. The van der Waals surface area contributed by atoms with Crippen molar-refractivity contribution < 1.29 is 4.74 Å². The first-order chi connectivity index (χ1) is 9.22. The third-order valence-electron chi connectivity index (χ3n) is 4.46. The zero-order valence-electron chi connectivity index (χ0n) is 11.9. The van der Waals surface area contributed by atoms with Crippen molar-refractivity contribution in [1.29, 1.82) is 0 Å². The average molecular weight is 261 g/mol. The van der Waals surface area contributed by atoms with Crippen molar-refractivity contribution in [2.75, 3.05) is 14.1 Å². The van der Waals surface area contributed by atoms with Gasteiger partial charge in [-0.1, -0.05) is 0 Å². The molecule has 19 heavy (non-hydrogen) atoms. The Hall–Kier alpha value is -1.16. The van der Waals surface area contributed by atoms with Crippen molar-refractivity contribution in [3.63, 3.8) is 0 Å². The first-order valence-corrected chi connectivity index (χ1v) is 7.41. The van der Waals surface area contributed by atoms with E-state index in [0.717, 1.165) is 31.6 Å². The minimum Gasteiger partial charge on any atom is -0.473 e. The molecule has 1 fully saturated rings. The summed E-state index contributed by atoms with van der Waals surface area (Å²) in [7, 11) is 4.33. The number of aryl methyl sites for hydroxylation is 2. The molecule has 0 unspecified atom stereocenters. The normalized spacial score (nSPS) is 26.5. The van der Waals surface area contributed by atoms with Gasteiger partial charge in [-0.25, -0.2) is 0 Å². The molecule has 4 nitrogen and oxygen atoms in total. The summed E-state index contributed by atoms with van der Waals surface area (Å²) in [6.07, 6.45) is 8.44. The van der Waals surface area contributed by atoms with Crippen molar-refractivity contribution in [1.82, 2.24) is 15.1 Å². The number of ether oxygens (including phenoxy) is 1. The van der Waals surface area contributed by atoms with Crippen LogP contribution in [0.15, 0.2) is 6.07 Å². The van der Waals surface area contributed by atoms with Gasteiger partial charge in [-0.05, 0) is 64.6 Å². The van der Waals surface area contributed by atoms with E-state index in [1.807, 2.05) is 0 Å². The number of hydrogen-bond donors (Lipinski definition) is 0. The lowest BCUT2D eigenvalue weighted by atomic mass is 9.92. The summed E-state index contributed by atoms with van der Waals surface area (Å²) in [6.45, 7) is 0. The maximum Gasteiger partial charge on any atom is 0.233 e. The largest absolute Gasteiger partial charge is 0.473 e. The molecule has 1 aromatic heterocycles. The van der Waals surface area contributed by atoms with Crippen LogP contribution in [-0.4, -0.2) is 41.3 Å². The molecule has 0 amide bonds. The van der Waals surface area contributed by atoms with Crippen LogP contribution in [0.2, 0.25) is 0 Å². The Bertz CT molecular complexity index is 439. The van der Waals surface area contributed by atoms with Gasteiger partial charge in [0.1, 0.15) is 6.10 Å². The van der Waals surface area contributed by atoms with Gasteiger partial charge in [0.25, 0.3) is 0 Å². The molecule has 1 saturated carbocycles. The minimum atomic E-state index is 0.324. The third-order valence-corrected chi connectivity index (χ3v) is 4.46. The topological polar surface area (TPSA) is 38.2 Å². The first-order valence-electron chi connectivity index (χ1n) is 7.41. The van der Waals surface area contributed by atoms with Crippen LogP contribution in [0.4, 0.5) is 0 Å². The van der Waals surface area contributed by atoms with Gasteiger partial charge >= 0.3 is 0 Å². The van der Waals surface area contributed by atoms with Gasteiger partial charge in [0, 0.05) is 12.1 Å². The number of fused-ring (bicyclic) bond motifs is 1.